The van der Waals surface area contributed by atoms with Crippen LogP contribution < -0.4 is 5.73 Å². The minimum Gasteiger partial charge on any atom is -0.465 e. The summed E-state index contributed by atoms with van der Waals surface area (Å²) in [5.74, 6) is -0.385. The second kappa shape index (κ2) is 7.45. The van der Waals surface area contributed by atoms with Gasteiger partial charge in [-0.2, -0.15) is 0 Å². The number of pyridine rings is 1. The van der Waals surface area contributed by atoms with Crippen molar-refractivity contribution < 1.29 is 9.53 Å². The first-order valence-corrected chi connectivity index (χ1v) is 3.95. The maximum Gasteiger partial charge on any atom is 0.339 e. The third kappa shape index (κ3) is 4.46. The maximum absolute atomic E-state index is 11.0. The van der Waals surface area contributed by atoms with Crippen molar-refractivity contribution in [3.63, 3.8) is 0 Å². The van der Waals surface area contributed by atoms with Gasteiger partial charge in [0.15, 0.2) is 0 Å². The smallest absolute Gasteiger partial charge is 0.339 e. The van der Waals surface area contributed by atoms with Gasteiger partial charge < -0.3 is 10.5 Å². The van der Waals surface area contributed by atoms with E-state index in [1.165, 1.54) is 13.3 Å². The standard InChI is InChI=1S/C9H12N2O2.2ClH/c1-6(10)8-4-3-7(5-11-8)9(12)13-2;;/h3-6H,10H2,1-2H3;2*1H/t6-;;/m0../s1. The molecule has 0 saturated carbocycles. The lowest BCUT2D eigenvalue weighted by atomic mass is 10.2. The van der Waals surface area contributed by atoms with E-state index in [4.69, 9.17) is 5.73 Å². The van der Waals surface area contributed by atoms with Crippen LogP contribution in [0.5, 0.6) is 0 Å². The molecule has 0 unspecified atom stereocenters. The molecule has 1 atom stereocenters. The summed E-state index contributed by atoms with van der Waals surface area (Å²) in [4.78, 5) is 15.0. The summed E-state index contributed by atoms with van der Waals surface area (Å²) >= 11 is 0. The summed E-state index contributed by atoms with van der Waals surface area (Å²) < 4.78 is 4.53. The molecule has 0 aliphatic rings. The molecule has 0 amide bonds. The number of hydrogen-bond acceptors (Lipinski definition) is 4. The van der Waals surface area contributed by atoms with Gasteiger partial charge in [-0.05, 0) is 19.1 Å². The zero-order chi connectivity index (χ0) is 9.84. The average molecular weight is 253 g/mol. The van der Waals surface area contributed by atoms with Gasteiger partial charge in [-0.25, -0.2) is 4.79 Å². The van der Waals surface area contributed by atoms with E-state index >= 15 is 0 Å². The fraction of sp³-hybridized carbons (Fsp3) is 0.333. The lowest BCUT2D eigenvalue weighted by Gasteiger charge is -2.04. The van der Waals surface area contributed by atoms with Crippen molar-refractivity contribution in [3.8, 4) is 0 Å². The number of esters is 1. The van der Waals surface area contributed by atoms with Crippen LogP contribution in [0.25, 0.3) is 0 Å². The summed E-state index contributed by atoms with van der Waals surface area (Å²) in [5, 5.41) is 0. The first-order chi connectivity index (χ1) is 6.15. The van der Waals surface area contributed by atoms with Gasteiger partial charge in [-0.1, -0.05) is 0 Å². The van der Waals surface area contributed by atoms with Crippen LogP contribution in [0.2, 0.25) is 0 Å². The Kier molecular flexibility index (Phi) is 8.24. The fourth-order valence-corrected chi connectivity index (χ4v) is 0.913. The second-order valence-corrected chi connectivity index (χ2v) is 2.75. The number of methoxy groups -OCH3 is 1. The van der Waals surface area contributed by atoms with Crippen molar-refractivity contribution in [2.45, 2.75) is 13.0 Å². The van der Waals surface area contributed by atoms with Gasteiger partial charge in [0.2, 0.25) is 0 Å². The van der Waals surface area contributed by atoms with Crippen molar-refractivity contribution in [2.75, 3.05) is 7.11 Å². The second-order valence-electron chi connectivity index (χ2n) is 2.75. The highest BCUT2D eigenvalue weighted by Crippen LogP contribution is 2.07. The molecule has 0 aromatic carbocycles. The highest BCUT2D eigenvalue weighted by atomic mass is 35.5. The fourth-order valence-electron chi connectivity index (χ4n) is 0.913. The minimum absolute atomic E-state index is 0. The van der Waals surface area contributed by atoms with Crippen molar-refractivity contribution in [1.29, 1.82) is 0 Å². The molecule has 0 saturated heterocycles. The highest BCUT2D eigenvalue weighted by molar-refractivity contribution is 5.88. The number of carbonyl (C=O) groups excluding carboxylic acids is 1. The number of rotatable bonds is 2. The number of aromatic nitrogens is 1. The number of nitrogens with two attached hydrogens (primary N) is 1. The van der Waals surface area contributed by atoms with Gasteiger partial charge in [0, 0.05) is 12.2 Å². The molecule has 0 fully saturated rings. The molecule has 6 heteroatoms. The first kappa shape index (κ1) is 16.6. The molecule has 0 spiro atoms. The quantitative estimate of drug-likeness (QED) is 0.815. The Balaban J connectivity index is 0. The van der Waals surface area contributed by atoms with E-state index < -0.39 is 0 Å². The predicted molar refractivity (Wildman–Crippen MR) is 62.7 cm³/mol. The third-order valence-electron chi connectivity index (χ3n) is 1.67. The van der Waals surface area contributed by atoms with E-state index in [-0.39, 0.29) is 36.8 Å². The lowest BCUT2D eigenvalue weighted by molar-refractivity contribution is 0.0600. The number of ether oxygens (including phenoxy) is 1. The SMILES string of the molecule is COC(=O)c1ccc([C@H](C)N)nc1.Cl.Cl. The number of hydrogen-bond donors (Lipinski definition) is 1. The van der Waals surface area contributed by atoms with Gasteiger partial charge in [-0.3, -0.25) is 4.98 Å². The summed E-state index contributed by atoms with van der Waals surface area (Å²) in [6.07, 6.45) is 1.46. The first-order valence-electron chi connectivity index (χ1n) is 3.95. The average Bonchev–Trinajstić information content (AvgIpc) is 2.17. The molecule has 0 bridgehead atoms. The van der Waals surface area contributed by atoms with Crippen LogP contribution >= 0.6 is 24.8 Å². The molecule has 1 aromatic heterocycles. The maximum atomic E-state index is 11.0. The van der Waals surface area contributed by atoms with Gasteiger partial charge in [0.05, 0.1) is 18.4 Å². The van der Waals surface area contributed by atoms with Crippen LogP contribution in [0.1, 0.15) is 29.0 Å². The van der Waals surface area contributed by atoms with Crippen molar-refractivity contribution in [3.05, 3.63) is 29.6 Å². The van der Waals surface area contributed by atoms with E-state index in [0.29, 0.717) is 5.56 Å². The molecule has 4 nitrogen and oxygen atoms in total. The van der Waals surface area contributed by atoms with Gasteiger partial charge in [0.1, 0.15) is 0 Å². The Morgan fingerprint density at radius 3 is 2.40 bits per heavy atom. The van der Waals surface area contributed by atoms with Crippen LogP contribution in [0.4, 0.5) is 0 Å². The molecule has 2 N–H and O–H groups in total. The Hall–Kier alpha value is -0.840. The van der Waals surface area contributed by atoms with Gasteiger partial charge in [0.25, 0.3) is 0 Å². The van der Waals surface area contributed by atoms with Gasteiger partial charge >= 0.3 is 5.97 Å². The molecule has 1 heterocycles. The Labute approximate surface area is 101 Å². The summed E-state index contributed by atoms with van der Waals surface area (Å²) in [6, 6.07) is 3.25. The molecular formula is C9H14Cl2N2O2. The molecule has 1 rings (SSSR count). The van der Waals surface area contributed by atoms with Crippen LogP contribution in [0.15, 0.2) is 18.3 Å². The Morgan fingerprint density at radius 2 is 2.07 bits per heavy atom. The van der Waals surface area contributed by atoms with E-state index in [1.54, 1.807) is 12.1 Å². The van der Waals surface area contributed by atoms with Crippen molar-refractivity contribution in [2.24, 2.45) is 5.73 Å². The van der Waals surface area contributed by atoms with Gasteiger partial charge in [-0.15, -0.1) is 24.8 Å². The predicted octanol–water partition coefficient (Wildman–Crippen LogP) is 1.73. The molecule has 0 radical (unpaired) electrons. The third-order valence-corrected chi connectivity index (χ3v) is 1.67. The van der Waals surface area contributed by atoms with E-state index in [2.05, 4.69) is 9.72 Å². The zero-order valence-electron chi connectivity index (χ0n) is 8.47. The Bertz CT molecular complexity index is 301. The normalized spacial score (nSPS) is 10.6. The minimum atomic E-state index is -0.385. The van der Waals surface area contributed by atoms with Crippen LogP contribution in [0.3, 0.4) is 0 Å². The van der Waals surface area contributed by atoms with E-state index in [1.807, 2.05) is 6.92 Å². The summed E-state index contributed by atoms with van der Waals surface area (Å²) in [7, 11) is 1.34. The summed E-state index contributed by atoms with van der Waals surface area (Å²) in [6.45, 7) is 1.83. The largest absolute Gasteiger partial charge is 0.465 e. The molecule has 0 aliphatic carbocycles. The van der Waals surface area contributed by atoms with Crippen molar-refractivity contribution >= 4 is 30.8 Å². The number of halogens is 2. The van der Waals surface area contributed by atoms with Crippen LogP contribution in [-0.4, -0.2) is 18.1 Å². The zero-order valence-corrected chi connectivity index (χ0v) is 10.1. The Morgan fingerprint density at radius 1 is 1.47 bits per heavy atom. The van der Waals surface area contributed by atoms with Crippen LogP contribution in [-0.2, 0) is 4.74 Å². The number of carbonyl (C=O) groups is 1. The van der Waals surface area contributed by atoms with E-state index in [0.717, 1.165) is 5.69 Å². The highest BCUT2D eigenvalue weighted by Gasteiger charge is 2.06. The molecule has 15 heavy (non-hydrogen) atoms. The topological polar surface area (TPSA) is 65.2 Å². The van der Waals surface area contributed by atoms with Crippen molar-refractivity contribution in [1.82, 2.24) is 4.98 Å². The molecule has 1 aromatic rings. The monoisotopic (exact) mass is 252 g/mol. The number of nitrogens with zero attached hydrogens (tertiary/aromatic N) is 1. The molecule has 0 aliphatic heterocycles. The lowest BCUT2D eigenvalue weighted by Crippen LogP contribution is -2.08. The van der Waals surface area contributed by atoms with Crippen LogP contribution in [0, 0.1) is 0 Å². The summed E-state index contributed by atoms with van der Waals surface area (Å²) in [5.41, 5.74) is 6.79. The molecule has 86 valence electrons. The molecular weight excluding hydrogens is 239 g/mol. The van der Waals surface area contributed by atoms with E-state index in [9.17, 15) is 4.79 Å².